The fourth-order valence-electron chi connectivity index (χ4n) is 2.60. The smallest absolute Gasteiger partial charge is 0.123 e. The van der Waals surface area contributed by atoms with E-state index in [1.807, 2.05) is 12.1 Å². The third-order valence-corrected chi connectivity index (χ3v) is 4.64. The zero-order valence-electron chi connectivity index (χ0n) is 10.1. The van der Waals surface area contributed by atoms with Crippen LogP contribution in [0.2, 0.25) is 0 Å². The molecule has 0 amide bonds. The fourth-order valence-corrected chi connectivity index (χ4v) is 3.40. The largest absolute Gasteiger partial charge is 0.496 e. The Kier molecular flexibility index (Phi) is 4.75. The summed E-state index contributed by atoms with van der Waals surface area (Å²) in [7, 11) is 1.71. The monoisotopic (exact) mass is 316 g/mol. The quantitative estimate of drug-likeness (QED) is 0.686. The summed E-state index contributed by atoms with van der Waals surface area (Å²) in [5.74, 6) is 1.49. The Labute approximate surface area is 117 Å². The van der Waals surface area contributed by atoms with Crippen LogP contribution in [0.4, 0.5) is 0 Å². The van der Waals surface area contributed by atoms with Crippen molar-refractivity contribution in [1.29, 1.82) is 0 Å². The minimum Gasteiger partial charge on any atom is -0.496 e. The van der Waals surface area contributed by atoms with Gasteiger partial charge in [0.15, 0.2) is 0 Å². The third-order valence-electron chi connectivity index (χ3n) is 3.55. The summed E-state index contributed by atoms with van der Waals surface area (Å²) in [4.78, 5) is 0. The number of methoxy groups -OCH3 is 1. The van der Waals surface area contributed by atoms with Gasteiger partial charge >= 0.3 is 0 Å². The molecule has 1 atom stereocenters. The molecule has 1 aliphatic rings. The van der Waals surface area contributed by atoms with Crippen molar-refractivity contribution in [3.8, 4) is 5.75 Å². The molecule has 2 rings (SSSR count). The molecule has 1 nitrogen and oxygen atoms in total. The maximum atomic E-state index is 6.64. The molecule has 1 saturated carbocycles. The summed E-state index contributed by atoms with van der Waals surface area (Å²) in [5, 5.41) is 0.0720. The molecule has 0 heterocycles. The Balaban J connectivity index is 2.21. The molecule has 0 bridgehead atoms. The first kappa shape index (κ1) is 13.2. The van der Waals surface area contributed by atoms with Crippen LogP contribution in [0.1, 0.15) is 43.0 Å². The number of benzene rings is 1. The summed E-state index contributed by atoms with van der Waals surface area (Å²) in [6.45, 7) is 0. The summed E-state index contributed by atoms with van der Waals surface area (Å²) >= 11 is 10.1. The highest BCUT2D eigenvalue weighted by molar-refractivity contribution is 9.10. The molecule has 1 unspecified atom stereocenters. The lowest BCUT2D eigenvalue weighted by molar-refractivity contribution is 0.340. The summed E-state index contributed by atoms with van der Waals surface area (Å²) in [5.41, 5.74) is 1.12. The Morgan fingerprint density at radius 2 is 2.00 bits per heavy atom. The van der Waals surface area contributed by atoms with E-state index < -0.39 is 0 Å². The van der Waals surface area contributed by atoms with E-state index in [1.54, 1.807) is 7.11 Å². The van der Waals surface area contributed by atoms with Gasteiger partial charge in [-0.05, 0) is 37.0 Å². The molecule has 0 spiro atoms. The Morgan fingerprint density at radius 1 is 1.29 bits per heavy atom. The first-order valence-electron chi connectivity index (χ1n) is 6.20. The van der Waals surface area contributed by atoms with Gasteiger partial charge < -0.3 is 4.74 Å². The van der Waals surface area contributed by atoms with Gasteiger partial charge in [0.2, 0.25) is 0 Å². The molecule has 1 aromatic rings. The predicted molar refractivity (Wildman–Crippen MR) is 75.9 cm³/mol. The number of alkyl halides is 1. The zero-order valence-corrected chi connectivity index (χ0v) is 12.4. The second-order valence-electron chi connectivity index (χ2n) is 4.69. The molecule has 1 aliphatic carbocycles. The van der Waals surface area contributed by atoms with Gasteiger partial charge in [0.1, 0.15) is 5.75 Å². The van der Waals surface area contributed by atoms with Crippen LogP contribution in [0, 0.1) is 5.92 Å². The molecule has 1 aromatic carbocycles. The van der Waals surface area contributed by atoms with E-state index in [2.05, 4.69) is 22.0 Å². The van der Waals surface area contributed by atoms with Crippen molar-refractivity contribution < 1.29 is 4.74 Å². The van der Waals surface area contributed by atoms with Crippen molar-refractivity contribution in [2.75, 3.05) is 7.11 Å². The lowest BCUT2D eigenvalue weighted by Crippen LogP contribution is -2.13. The lowest BCUT2D eigenvalue weighted by Gasteiger charge is -2.27. The molecule has 17 heavy (non-hydrogen) atoms. The predicted octanol–water partition coefficient (Wildman–Crippen LogP) is 5.32. The lowest BCUT2D eigenvalue weighted by atomic mass is 9.84. The first-order chi connectivity index (χ1) is 8.22. The van der Waals surface area contributed by atoms with Crippen LogP contribution in [0.25, 0.3) is 0 Å². The van der Waals surface area contributed by atoms with E-state index in [0.717, 1.165) is 15.8 Å². The van der Waals surface area contributed by atoms with Gasteiger partial charge in [-0.2, -0.15) is 0 Å². The number of halogens is 2. The van der Waals surface area contributed by atoms with Gasteiger partial charge in [-0.15, -0.1) is 11.6 Å². The van der Waals surface area contributed by atoms with Gasteiger partial charge in [-0.25, -0.2) is 0 Å². The molecule has 0 saturated heterocycles. The van der Waals surface area contributed by atoms with E-state index in [0.29, 0.717) is 5.92 Å². The molecule has 0 N–H and O–H groups in total. The van der Waals surface area contributed by atoms with Crippen LogP contribution in [0.5, 0.6) is 5.75 Å². The molecular formula is C14H18BrClO. The van der Waals surface area contributed by atoms with Gasteiger partial charge in [0.05, 0.1) is 12.5 Å². The molecule has 0 aliphatic heterocycles. The highest BCUT2D eigenvalue weighted by Gasteiger charge is 2.25. The zero-order chi connectivity index (χ0) is 12.3. The van der Waals surface area contributed by atoms with Gasteiger partial charge in [0.25, 0.3) is 0 Å². The van der Waals surface area contributed by atoms with Crippen molar-refractivity contribution in [3.05, 3.63) is 28.2 Å². The maximum absolute atomic E-state index is 6.64. The van der Waals surface area contributed by atoms with Crippen molar-refractivity contribution in [1.82, 2.24) is 0 Å². The summed E-state index contributed by atoms with van der Waals surface area (Å²) < 4.78 is 6.47. The molecule has 0 radical (unpaired) electrons. The Hall–Kier alpha value is -0.210. The van der Waals surface area contributed by atoms with Crippen LogP contribution in [0.15, 0.2) is 22.7 Å². The SMILES string of the molecule is COc1ccc(Br)cc1C(Cl)C1CCCCC1. The normalized spacial score (nSPS) is 19.0. The van der Waals surface area contributed by atoms with Crippen LogP contribution >= 0.6 is 27.5 Å². The van der Waals surface area contributed by atoms with E-state index in [9.17, 15) is 0 Å². The van der Waals surface area contributed by atoms with Crippen LogP contribution < -0.4 is 4.74 Å². The maximum Gasteiger partial charge on any atom is 0.123 e. The average Bonchev–Trinajstić information content (AvgIpc) is 2.39. The summed E-state index contributed by atoms with van der Waals surface area (Å²) in [6, 6.07) is 6.07. The fraction of sp³-hybridized carbons (Fsp3) is 0.571. The summed E-state index contributed by atoms with van der Waals surface area (Å²) in [6.07, 6.45) is 6.46. The van der Waals surface area contributed by atoms with E-state index in [4.69, 9.17) is 16.3 Å². The second kappa shape index (κ2) is 6.10. The highest BCUT2D eigenvalue weighted by Crippen LogP contribution is 2.42. The molecule has 1 fully saturated rings. The minimum absolute atomic E-state index is 0.0720. The molecule has 0 aromatic heterocycles. The Bertz CT molecular complexity index is 374. The van der Waals surface area contributed by atoms with Gasteiger partial charge in [-0.3, -0.25) is 0 Å². The van der Waals surface area contributed by atoms with Gasteiger partial charge in [0, 0.05) is 10.0 Å². The van der Waals surface area contributed by atoms with Crippen molar-refractivity contribution in [2.45, 2.75) is 37.5 Å². The van der Waals surface area contributed by atoms with E-state index in [1.165, 1.54) is 32.1 Å². The van der Waals surface area contributed by atoms with Crippen LogP contribution in [-0.4, -0.2) is 7.11 Å². The number of ether oxygens (including phenoxy) is 1. The van der Waals surface area contributed by atoms with Crippen LogP contribution in [0.3, 0.4) is 0 Å². The number of hydrogen-bond donors (Lipinski definition) is 0. The van der Waals surface area contributed by atoms with Crippen molar-refractivity contribution in [3.63, 3.8) is 0 Å². The topological polar surface area (TPSA) is 9.23 Å². The van der Waals surface area contributed by atoms with E-state index >= 15 is 0 Å². The first-order valence-corrected chi connectivity index (χ1v) is 7.43. The molecular weight excluding hydrogens is 300 g/mol. The van der Waals surface area contributed by atoms with Crippen LogP contribution in [-0.2, 0) is 0 Å². The average molecular weight is 318 g/mol. The van der Waals surface area contributed by atoms with Crippen molar-refractivity contribution in [2.24, 2.45) is 5.92 Å². The molecule has 3 heteroatoms. The third kappa shape index (κ3) is 3.17. The second-order valence-corrected chi connectivity index (χ2v) is 6.07. The standard InChI is InChI=1S/C14H18BrClO/c1-17-13-8-7-11(15)9-12(13)14(16)10-5-3-2-4-6-10/h7-10,14H,2-6H2,1H3. The van der Waals surface area contributed by atoms with Crippen molar-refractivity contribution >= 4 is 27.5 Å². The van der Waals surface area contributed by atoms with E-state index in [-0.39, 0.29) is 5.38 Å². The molecule has 94 valence electrons. The number of rotatable bonds is 3. The highest BCUT2D eigenvalue weighted by atomic mass is 79.9. The minimum atomic E-state index is 0.0720. The van der Waals surface area contributed by atoms with Gasteiger partial charge in [-0.1, -0.05) is 35.2 Å². The Morgan fingerprint density at radius 3 is 2.65 bits per heavy atom. The number of hydrogen-bond acceptors (Lipinski definition) is 1.